The average molecular weight is 178 g/mol. The Hall–Kier alpha value is -0.820. The highest BCUT2D eigenvalue weighted by atomic mass is 16.3. The summed E-state index contributed by atoms with van der Waals surface area (Å²) in [6.45, 7) is 4.43. The Morgan fingerprint density at radius 3 is 2.46 bits per heavy atom. The monoisotopic (exact) mass is 178 g/mol. The van der Waals surface area contributed by atoms with E-state index in [0.717, 1.165) is 12.0 Å². The summed E-state index contributed by atoms with van der Waals surface area (Å²) in [6.07, 6.45) is 3.59. The molecule has 1 rings (SSSR count). The lowest BCUT2D eigenvalue weighted by atomic mass is 10.0. The fourth-order valence-electron chi connectivity index (χ4n) is 1.56. The lowest BCUT2D eigenvalue weighted by molar-refractivity contribution is 0.281. The number of hydrogen-bond acceptors (Lipinski definition) is 1. The Morgan fingerprint density at radius 1 is 1.15 bits per heavy atom. The molecule has 0 aliphatic rings. The Kier molecular flexibility index (Phi) is 3.97. The second kappa shape index (κ2) is 5.03. The van der Waals surface area contributed by atoms with Crippen LogP contribution < -0.4 is 0 Å². The highest BCUT2D eigenvalue weighted by Gasteiger charge is 1.97. The highest BCUT2D eigenvalue weighted by molar-refractivity contribution is 5.29. The van der Waals surface area contributed by atoms with E-state index in [-0.39, 0.29) is 6.61 Å². The van der Waals surface area contributed by atoms with E-state index in [4.69, 9.17) is 5.11 Å². The van der Waals surface area contributed by atoms with Crippen LogP contribution >= 0.6 is 0 Å². The van der Waals surface area contributed by atoms with Crippen LogP contribution in [0.3, 0.4) is 0 Å². The lowest BCUT2D eigenvalue weighted by Crippen LogP contribution is -1.91. The molecule has 1 heteroatoms. The first-order chi connectivity index (χ1) is 6.26. The molecule has 0 aromatic heterocycles. The third-order valence-corrected chi connectivity index (χ3v) is 2.20. The molecule has 0 spiro atoms. The first-order valence-electron chi connectivity index (χ1n) is 4.96. The molecule has 0 aliphatic heterocycles. The van der Waals surface area contributed by atoms with Gasteiger partial charge in [0.25, 0.3) is 0 Å². The van der Waals surface area contributed by atoms with Crippen molar-refractivity contribution >= 4 is 0 Å². The third-order valence-electron chi connectivity index (χ3n) is 2.20. The predicted molar refractivity (Wildman–Crippen MR) is 55.7 cm³/mol. The summed E-state index contributed by atoms with van der Waals surface area (Å²) in [5, 5.41) is 9.01. The summed E-state index contributed by atoms with van der Waals surface area (Å²) in [5.41, 5.74) is 3.63. The molecule has 1 N–H and O–H groups in total. The van der Waals surface area contributed by atoms with Crippen LogP contribution in [-0.2, 0) is 13.0 Å². The predicted octanol–water partition coefficient (Wildman–Crippen LogP) is 2.83. The molecule has 0 amide bonds. The zero-order valence-electron chi connectivity index (χ0n) is 8.51. The second-order valence-electron chi connectivity index (χ2n) is 3.59. The van der Waals surface area contributed by atoms with Crippen LogP contribution in [0.15, 0.2) is 18.2 Å². The van der Waals surface area contributed by atoms with Gasteiger partial charge in [0.1, 0.15) is 0 Å². The number of unbranched alkanes of at least 4 members (excludes halogenated alkanes) is 1. The largest absolute Gasteiger partial charge is 0.392 e. The molecule has 0 aliphatic carbocycles. The topological polar surface area (TPSA) is 20.2 Å². The molecule has 0 bridgehead atoms. The van der Waals surface area contributed by atoms with Gasteiger partial charge in [0.2, 0.25) is 0 Å². The van der Waals surface area contributed by atoms with Crippen LogP contribution in [0.2, 0.25) is 0 Å². The number of aryl methyl sites for hydroxylation is 2. The van der Waals surface area contributed by atoms with Gasteiger partial charge in [-0.05, 0) is 30.9 Å². The highest BCUT2D eigenvalue weighted by Crippen LogP contribution is 2.12. The molecule has 0 fully saturated rings. The maximum absolute atomic E-state index is 9.01. The smallest absolute Gasteiger partial charge is 0.0682 e. The molecular weight excluding hydrogens is 160 g/mol. The molecule has 0 radical (unpaired) electrons. The van der Waals surface area contributed by atoms with Gasteiger partial charge in [-0.2, -0.15) is 0 Å². The van der Waals surface area contributed by atoms with Gasteiger partial charge in [-0.25, -0.2) is 0 Å². The van der Waals surface area contributed by atoms with Crippen molar-refractivity contribution in [3.63, 3.8) is 0 Å². The van der Waals surface area contributed by atoms with Crippen LogP contribution in [-0.4, -0.2) is 5.11 Å². The maximum Gasteiger partial charge on any atom is 0.0682 e. The summed E-state index contributed by atoms with van der Waals surface area (Å²) in [7, 11) is 0. The molecule has 1 aromatic rings. The SMILES string of the molecule is CCCCc1cc(C)cc(CO)c1. The zero-order valence-corrected chi connectivity index (χ0v) is 8.51. The number of hydrogen-bond donors (Lipinski definition) is 1. The van der Waals surface area contributed by atoms with E-state index in [1.807, 2.05) is 6.07 Å². The standard InChI is InChI=1S/C12H18O/c1-3-4-5-11-6-10(2)7-12(8-11)9-13/h6-8,13H,3-5,9H2,1-2H3. The Labute approximate surface area is 80.4 Å². The summed E-state index contributed by atoms with van der Waals surface area (Å²) in [4.78, 5) is 0. The molecule has 1 aromatic carbocycles. The van der Waals surface area contributed by atoms with Crippen LogP contribution in [0.4, 0.5) is 0 Å². The van der Waals surface area contributed by atoms with E-state index in [1.54, 1.807) is 0 Å². The van der Waals surface area contributed by atoms with Gasteiger partial charge in [-0.3, -0.25) is 0 Å². The summed E-state index contributed by atoms with van der Waals surface area (Å²) < 4.78 is 0. The van der Waals surface area contributed by atoms with E-state index in [9.17, 15) is 0 Å². The molecule has 0 saturated carbocycles. The molecule has 0 saturated heterocycles. The van der Waals surface area contributed by atoms with Gasteiger partial charge in [0.15, 0.2) is 0 Å². The normalized spacial score (nSPS) is 10.4. The quantitative estimate of drug-likeness (QED) is 0.751. The van der Waals surface area contributed by atoms with E-state index >= 15 is 0 Å². The Balaban J connectivity index is 2.76. The van der Waals surface area contributed by atoms with Gasteiger partial charge < -0.3 is 5.11 Å². The number of aliphatic hydroxyl groups is 1. The minimum atomic E-state index is 0.154. The van der Waals surface area contributed by atoms with Crippen molar-refractivity contribution in [3.8, 4) is 0 Å². The summed E-state index contributed by atoms with van der Waals surface area (Å²) in [5.74, 6) is 0. The van der Waals surface area contributed by atoms with Gasteiger partial charge in [-0.15, -0.1) is 0 Å². The summed E-state index contributed by atoms with van der Waals surface area (Å²) >= 11 is 0. The average Bonchev–Trinajstić information content (AvgIpc) is 2.14. The maximum atomic E-state index is 9.01. The van der Waals surface area contributed by atoms with E-state index in [1.165, 1.54) is 24.0 Å². The van der Waals surface area contributed by atoms with Crippen molar-refractivity contribution in [2.75, 3.05) is 0 Å². The van der Waals surface area contributed by atoms with Crippen molar-refractivity contribution < 1.29 is 5.11 Å². The van der Waals surface area contributed by atoms with Crippen molar-refractivity contribution in [1.29, 1.82) is 0 Å². The molecule has 13 heavy (non-hydrogen) atoms. The van der Waals surface area contributed by atoms with E-state index in [2.05, 4.69) is 26.0 Å². The minimum absolute atomic E-state index is 0.154. The fourth-order valence-corrected chi connectivity index (χ4v) is 1.56. The molecule has 1 nitrogen and oxygen atoms in total. The van der Waals surface area contributed by atoms with E-state index in [0.29, 0.717) is 0 Å². The van der Waals surface area contributed by atoms with Crippen LogP contribution in [0, 0.1) is 6.92 Å². The van der Waals surface area contributed by atoms with Gasteiger partial charge >= 0.3 is 0 Å². The van der Waals surface area contributed by atoms with Crippen molar-refractivity contribution in [3.05, 3.63) is 34.9 Å². The molecule has 0 heterocycles. The minimum Gasteiger partial charge on any atom is -0.392 e. The van der Waals surface area contributed by atoms with Crippen LogP contribution in [0.25, 0.3) is 0 Å². The Morgan fingerprint density at radius 2 is 1.85 bits per heavy atom. The molecule has 72 valence electrons. The third kappa shape index (κ3) is 3.19. The van der Waals surface area contributed by atoms with Gasteiger partial charge in [-0.1, -0.05) is 37.1 Å². The first-order valence-corrected chi connectivity index (χ1v) is 4.96. The molecule has 0 unspecified atom stereocenters. The first kappa shape index (κ1) is 10.3. The van der Waals surface area contributed by atoms with Gasteiger partial charge in [0.05, 0.1) is 6.61 Å². The number of rotatable bonds is 4. The van der Waals surface area contributed by atoms with Crippen molar-refractivity contribution in [2.24, 2.45) is 0 Å². The van der Waals surface area contributed by atoms with Crippen molar-refractivity contribution in [2.45, 2.75) is 39.7 Å². The zero-order chi connectivity index (χ0) is 9.68. The van der Waals surface area contributed by atoms with Crippen molar-refractivity contribution in [1.82, 2.24) is 0 Å². The fraction of sp³-hybridized carbons (Fsp3) is 0.500. The van der Waals surface area contributed by atoms with Gasteiger partial charge in [0, 0.05) is 0 Å². The number of aliphatic hydroxyl groups excluding tert-OH is 1. The summed E-state index contributed by atoms with van der Waals surface area (Å²) in [6, 6.07) is 6.34. The second-order valence-corrected chi connectivity index (χ2v) is 3.59. The molecular formula is C12H18O. The molecule has 0 atom stereocenters. The van der Waals surface area contributed by atoms with E-state index < -0.39 is 0 Å². The van der Waals surface area contributed by atoms with Crippen LogP contribution in [0.1, 0.15) is 36.5 Å². The number of benzene rings is 1. The van der Waals surface area contributed by atoms with Crippen LogP contribution in [0.5, 0.6) is 0 Å². The lowest BCUT2D eigenvalue weighted by Gasteiger charge is -2.04. The Bertz CT molecular complexity index is 266.